The van der Waals surface area contributed by atoms with E-state index in [4.69, 9.17) is 9.47 Å². The molecular formula is C15H21NO3. The number of hydrogen-bond donors (Lipinski definition) is 0. The summed E-state index contributed by atoms with van der Waals surface area (Å²) in [5, 5.41) is 0. The molecule has 0 spiro atoms. The summed E-state index contributed by atoms with van der Waals surface area (Å²) in [6.45, 7) is 2.07. The predicted octanol–water partition coefficient (Wildman–Crippen LogP) is 1.88. The smallest absolute Gasteiger partial charge is 0.310 e. The SMILES string of the molecule is COC(=O)Cc1ccccc1OC1CCCN(C)C1. The van der Waals surface area contributed by atoms with Gasteiger partial charge in [0, 0.05) is 12.1 Å². The van der Waals surface area contributed by atoms with E-state index in [0.29, 0.717) is 0 Å². The highest BCUT2D eigenvalue weighted by atomic mass is 16.5. The first-order valence-electron chi connectivity index (χ1n) is 6.69. The summed E-state index contributed by atoms with van der Waals surface area (Å²) in [5.74, 6) is 0.560. The number of likely N-dealkylation sites (tertiary alicyclic amines) is 1. The van der Waals surface area contributed by atoms with E-state index < -0.39 is 0 Å². The van der Waals surface area contributed by atoms with Gasteiger partial charge in [0.1, 0.15) is 11.9 Å². The molecule has 0 bridgehead atoms. The van der Waals surface area contributed by atoms with Crippen molar-refractivity contribution in [2.24, 2.45) is 0 Å². The zero-order valence-electron chi connectivity index (χ0n) is 11.6. The summed E-state index contributed by atoms with van der Waals surface area (Å²) in [4.78, 5) is 13.7. The molecule has 1 unspecified atom stereocenters. The fourth-order valence-electron chi connectivity index (χ4n) is 2.39. The molecule has 1 aromatic rings. The van der Waals surface area contributed by atoms with E-state index in [1.54, 1.807) is 0 Å². The molecule has 1 fully saturated rings. The second-order valence-corrected chi connectivity index (χ2v) is 5.00. The maximum absolute atomic E-state index is 11.4. The van der Waals surface area contributed by atoms with Crippen LogP contribution in [0.3, 0.4) is 0 Å². The molecule has 0 radical (unpaired) electrons. The highest BCUT2D eigenvalue weighted by Crippen LogP contribution is 2.23. The average Bonchev–Trinajstić information content (AvgIpc) is 2.41. The van der Waals surface area contributed by atoms with Crippen molar-refractivity contribution in [3.63, 3.8) is 0 Å². The minimum Gasteiger partial charge on any atom is -0.489 e. The Morgan fingerprint density at radius 1 is 1.42 bits per heavy atom. The molecule has 1 atom stereocenters. The summed E-state index contributed by atoms with van der Waals surface area (Å²) >= 11 is 0. The molecular weight excluding hydrogens is 242 g/mol. The van der Waals surface area contributed by atoms with Gasteiger partial charge in [0.15, 0.2) is 0 Å². The molecule has 0 N–H and O–H groups in total. The van der Waals surface area contributed by atoms with Crippen molar-refractivity contribution in [1.29, 1.82) is 0 Å². The number of methoxy groups -OCH3 is 1. The summed E-state index contributed by atoms with van der Waals surface area (Å²) in [6.07, 6.45) is 2.68. The Bertz CT molecular complexity index is 433. The number of nitrogens with zero attached hydrogens (tertiary/aromatic N) is 1. The lowest BCUT2D eigenvalue weighted by atomic mass is 10.1. The predicted molar refractivity (Wildman–Crippen MR) is 73.3 cm³/mol. The Labute approximate surface area is 114 Å². The second-order valence-electron chi connectivity index (χ2n) is 5.00. The average molecular weight is 263 g/mol. The Morgan fingerprint density at radius 2 is 2.21 bits per heavy atom. The lowest BCUT2D eigenvalue weighted by molar-refractivity contribution is -0.139. The second kappa shape index (κ2) is 6.57. The lowest BCUT2D eigenvalue weighted by Gasteiger charge is -2.30. The first kappa shape index (κ1) is 13.9. The molecule has 4 nitrogen and oxygen atoms in total. The van der Waals surface area contributed by atoms with Crippen LogP contribution in [-0.2, 0) is 16.0 Å². The number of benzene rings is 1. The van der Waals surface area contributed by atoms with Gasteiger partial charge in [-0.1, -0.05) is 18.2 Å². The molecule has 104 valence electrons. The minimum atomic E-state index is -0.239. The number of piperidine rings is 1. The monoisotopic (exact) mass is 263 g/mol. The standard InChI is InChI=1S/C15H21NO3/c1-16-9-5-7-13(11-16)19-14-8-4-3-6-12(14)10-15(17)18-2/h3-4,6,8,13H,5,7,9-11H2,1-2H3. The Hall–Kier alpha value is -1.55. The fraction of sp³-hybridized carbons (Fsp3) is 0.533. The van der Waals surface area contributed by atoms with Crippen LogP contribution in [0.2, 0.25) is 0 Å². The number of carbonyl (C=O) groups is 1. The molecule has 0 aliphatic carbocycles. The number of carbonyl (C=O) groups excluding carboxylic acids is 1. The van der Waals surface area contributed by atoms with Crippen molar-refractivity contribution in [3.8, 4) is 5.75 Å². The highest BCUT2D eigenvalue weighted by molar-refractivity contribution is 5.73. The van der Waals surface area contributed by atoms with Gasteiger partial charge in [0.05, 0.1) is 13.5 Å². The van der Waals surface area contributed by atoms with Crippen molar-refractivity contribution in [2.45, 2.75) is 25.4 Å². The maximum Gasteiger partial charge on any atom is 0.310 e. The zero-order valence-corrected chi connectivity index (χ0v) is 11.6. The summed E-state index contributed by atoms with van der Waals surface area (Å²) in [7, 11) is 3.51. The normalized spacial score (nSPS) is 20.0. The quantitative estimate of drug-likeness (QED) is 0.777. The Morgan fingerprint density at radius 3 is 2.95 bits per heavy atom. The van der Waals surface area contributed by atoms with Crippen LogP contribution < -0.4 is 4.74 Å². The zero-order chi connectivity index (χ0) is 13.7. The van der Waals surface area contributed by atoms with Gasteiger partial charge in [-0.05, 0) is 32.5 Å². The van der Waals surface area contributed by atoms with Gasteiger partial charge in [-0.25, -0.2) is 0 Å². The maximum atomic E-state index is 11.4. The van der Waals surface area contributed by atoms with Crippen molar-refractivity contribution >= 4 is 5.97 Å². The van der Waals surface area contributed by atoms with Crippen LogP contribution in [0.5, 0.6) is 5.75 Å². The topological polar surface area (TPSA) is 38.8 Å². The molecule has 1 aliphatic rings. The van der Waals surface area contributed by atoms with Gasteiger partial charge in [-0.15, -0.1) is 0 Å². The largest absolute Gasteiger partial charge is 0.489 e. The van der Waals surface area contributed by atoms with Crippen LogP contribution in [0, 0.1) is 0 Å². The van der Waals surface area contributed by atoms with E-state index in [-0.39, 0.29) is 18.5 Å². The molecule has 19 heavy (non-hydrogen) atoms. The molecule has 0 aromatic heterocycles. The van der Waals surface area contributed by atoms with Crippen LogP contribution >= 0.6 is 0 Å². The third kappa shape index (κ3) is 3.96. The number of hydrogen-bond acceptors (Lipinski definition) is 4. The lowest BCUT2D eigenvalue weighted by Crippen LogP contribution is -2.38. The molecule has 1 heterocycles. The van der Waals surface area contributed by atoms with E-state index in [1.807, 2.05) is 24.3 Å². The van der Waals surface area contributed by atoms with Gasteiger partial charge in [0.25, 0.3) is 0 Å². The molecule has 1 aliphatic heterocycles. The molecule has 1 saturated heterocycles. The summed E-state index contributed by atoms with van der Waals surface area (Å²) in [5.41, 5.74) is 0.891. The van der Waals surface area contributed by atoms with E-state index in [2.05, 4.69) is 11.9 Å². The Kier molecular flexibility index (Phi) is 4.80. The van der Waals surface area contributed by atoms with Crippen molar-refractivity contribution in [3.05, 3.63) is 29.8 Å². The van der Waals surface area contributed by atoms with E-state index >= 15 is 0 Å². The van der Waals surface area contributed by atoms with E-state index in [0.717, 1.165) is 37.2 Å². The van der Waals surface area contributed by atoms with Gasteiger partial charge < -0.3 is 14.4 Å². The van der Waals surface area contributed by atoms with Crippen molar-refractivity contribution in [2.75, 3.05) is 27.2 Å². The van der Waals surface area contributed by atoms with Crippen molar-refractivity contribution < 1.29 is 14.3 Å². The summed E-state index contributed by atoms with van der Waals surface area (Å²) in [6, 6.07) is 7.69. The molecule has 4 heteroatoms. The van der Waals surface area contributed by atoms with E-state index in [1.165, 1.54) is 7.11 Å². The fourth-order valence-corrected chi connectivity index (χ4v) is 2.39. The molecule has 0 saturated carbocycles. The highest BCUT2D eigenvalue weighted by Gasteiger charge is 2.20. The van der Waals surface area contributed by atoms with Gasteiger partial charge >= 0.3 is 5.97 Å². The van der Waals surface area contributed by atoms with Crippen LogP contribution in [0.25, 0.3) is 0 Å². The number of rotatable bonds is 4. The number of ether oxygens (including phenoxy) is 2. The Balaban J connectivity index is 2.04. The first-order chi connectivity index (χ1) is 9.19. The van der Waals surface area contributed by atoms with Gasteiger partial charge in [-0.2, -0.15) is 0 Å². The van der Waals surface area contributed by atoms with Crippen LogP contribution in [0.15, 0.2) is 24.3 Å². The third-order valence-corrected chi connectivity index (χ3v) is 3.41. The first-order valence-corrected chi connectivity index (χ1v) is 6.69. The van der Waals surface area contributed by atoms with Gasteiger partial charge in [-0.3, -0.25) is 4.79 Å². The van der Waals surface area contributed by atoms with Crippen LogP contribution in [-0.4, -0.2) is 44.2 Å². The van der Waals surface area contributed by atoms with Crippen molar-refractivity contribution in [1.82, 2.24) is 4.90 Å². The number of likely N-dealkylation sites (N-methyl/N-ethyl adjacent to an activating group) is 1. The van der Waals surface area contributed by atoms with Crippen LogP contribution in [0.4, 0.5) is 0 Å². The van der Waals surface area contributed by atoms with Crippen LogP contribution in [0.1, 0.15) is 18.4 Å². The van der Waals surface area contributed by atoms with Gasteiger partial charge in [0.2, 0.25) is 0 Å². The van der Waals surface area contributed by atoms with E-state index in [9.17, 15) is 4.79 Å². The number of esters is 1. The number of para-hydroxylation sites is 1. The molecule has 2 rings (SSSR count). The molecule has 1 aromatic carbocycles. The third-order valence-electron chi connectivity index (χ3n) is 3.41. The molecule has 0 amide bonds. The minimum absolute atomic E-state index is 0.206. The summed E-state index contributed by atoms with van der Waals surface area (Å²) < 4.78 is 10.8.